The van der Waals surface area contributed by atoms with Gasteiger partial charge in [-0.05, 0) is 36.8 Å². The van der Waals surface area contributed by atoms with E-state index in [0.29, 0.717) is 6.04 Å². The molecule has 0 aromatic carbocycles. The van der Waals surface area contributed by atoms with E-state index in [-0.39, 0.29) is 0 Å². The van der Waals surface area contributed by atoms with Crippen molar-refractivity contribution >= 4 is 0 Å². The number of hydrogen-bond donors (Lipinski definition) is 1. The average Bonchev–Trinajstić information content (AvgIpc) is 2.53. The van der Waals surface area contributed by atoms with E-state index in [1.807, 2.05) is 0 Å². The van der Waals surface area contributed by atoms with Crippen LogP contribution in [0.3, 0.4) is 0 Å². The molecule has 0 atom stereocenters. The molecule has 0 bridgehead atoms. The van der Waals surface area contributed by atoms with Gasteiger partial charge in [0.2, 0.25) is 0 Å². The largest absolute Gasteiger partial charge is 0.323 e. The van der Waals surface area contributed by atoms with Crippen LogP contribution in [0.4, 0.5) is 0 Å². The molecule has 0 aliphatic rings. The van der Waals surface area contributed by atoms with Crippen LogP contribution in [-0.2, 0) is 0 Å². The van der Waals surface area contributed by atoms with Gasteiger partial charge < -0.3 is 5.43 Å². The maximum Gasteiger partial charge on any atom is 0.0429 e. The molecule has 0 amide bonds. The van der Waals surface area contributed by atoms with Gasteiger partial charge in [-0.3, -0.25) is 4.68 Å². The van der Waals surface area contributed by atoms with E-state index in [2.05, 4.69) is 62.3 Å². The summed E-state index contributed by atoms with van der Waals surface area (Å²) in [7, 11) is 0. The van der Waals surface area contributed by atoms with Crippen LogP contribution in [0.5, 0.6) is 0 Å². The lowest BCUT2D eigenvalue weighted by Gasteiger charge is -2.23. The van der Waals surface area contributed by atoms with Crippen molar-refractivity contribution in [1.82, 2.24) is 4.68 Å². The summed E-state index contributed by atoms with van der Waals surface area (Å²) in [6.45, 7) is 9.13. The minimum absolute atomic E-state index is 0.581. The smallest absolute Gasteiger partial charge is 0.0429 e. The summed E-state index contributed by atoms with van der Waals surface area (Å²) in [5.41, 5.74) is 3.54. The predicted molar refractivity (Wildman–Crippen MR) is 66.5 cm³/mol. The van der Waals surface area contributed by atoms with Gasteiger partial charge in [0.05, 0.1) is 0 Å². The molecule has 0 fully saturated rings. The second-order valence-corrected chi connectivity index (χ2v) is 5.18. The van der Waals surface area contributed by atoms with Gasteiger partial charge >= 0.3 is 0 Å². The second-order valence-electron chi connectivity index (χ2n) is 5.18. The third-order valence-corrected chi connectivity index (χ3v) is 2.45. The van der Waals surface area contributed by atoms with Crippen molar-refractivity contribution in [3.05, 3.63) is 24.5 Å². The third-order valence-electron chi connectivity index (χ3n) is 2.45. The molecule has 2 nitrogen and oxygen atoms in total. The maximum atomic E-state index is 3.54. The molecule has 86 valence electrons. The molecular weight excluding hydrogens is 184 g/mol. The van der Waals surface area contributed by atoms with Gasteiger partial charge in [0.25, 0.3) is 0 Å². The fourth-order valence-electron chi connectivity index (χ4n) is 1.97. The summed E-state index contributed by atoms with van der Waals surface area (Å²) in [6.07, 6.45) is 6.59. The first-order valence-corrected chi connectivity index (χ1v) is 5.97. The SMILES string of the molecule is CC(C)CC(CC(C)C)Nn1cccc1. The minimum atomic E-state index is 0.581. The second kappa shape index (κ2) is 5.84. The molecule has 0 radical (unpaired) electrons. The Morgan fingerprint density at radius 2 is 1.40 bits per heavy atom. The first-order chi connectivity index (χ1) is 7.08. The van der Waals surface area contributed by atoms with Crippen molar-refractivity contribution in [2.45, 2.75) is 46.6 Å². The number of rotatable bonds is 6. The van der Waals surface area contributed by atoms with Crippen LogP contribution in [0.1, 0.15) is 40.5 Å². The quantitative estimate of drug-likeness (QED) is 0.757. The lowest BCUT2D eigenvalue weighted by Crippen LogP contribution is -2.29. The van der Waals surface area contributed by atoms with Crippen LogP contribution in [-0.4, -0.2) is 10.7 Å². The molecule has 15 heavy (non-hydrogen) atoms. The van der Waals surface area contributed by atoms with E-state index in [4.69, 9.17) is 0 Å². The Bertz CT molecular complexity index is 240. The molecule has 0 spiro atoms. The zero-order valence-electron chi connectivity index (χ0n) is 10.4. The average molecular weight is 208 g/mol. The fraction of sp³-hybridized carbons (Fsp3) is 0.692. The van der Waals surface area contributed by atoms with E-state index in [1.54, 1.807) is 0 Å². The molecule has 1 N–H and O–H groups in total. The van der Waals surface area contributed by atoms with E-state index >= 15 is 0 Å². The van der Waals surface area contributed by atoms with Crippen LogP contribution >= 0.6 is 0 Å². The van der Waals surface area contributed by atoms with E-state index in [1.165, 1.54) is 12.8 Å². The Labute approximate surface area is 93.7 Å². The van der Waals surface area contributed by atoms with Crippen molar-refractivity contribution in [2.24, 2.45) is 11.8 Å². The lowest BCUT2D eigenvalue weighted by molar-refractivity contribution is 0.420. The zero-order valence-corrected chi connectivity index (χ0v) is 10.4. The fourth-order valence-corrected chi connectivity index (χ4v) is 1.97. The minimum Gasteiger partial charge on any atom is -0.323 e. The summed E-state index contributed by atoms with van der Waals surface area (Å²) < 4.78 is 2.06. The summed E-state index contributed by atoms with van der Waals surface area (Å²) in [5, 5.41) is 0. The van der Waals surface area contributed by atoms with Crippen LogP contribution in [0.2, 0.25) is 0 Å². The monoisotopic (exact) mass is 208 g/mol. The Morgan fingerprint density at radius 1 is 0.933 bits per heavy atom. The third kappa shape index (κ3) is 4.91. The summed E-state index contributed by atoms with van der Waals surface area (Å²) in [6, 6.07) is 4.68. The van der Waals surface area contributed by atoms with Crippen LogP contribution in [0.25, 0.3) is 0 Å². The molecule has 0 unspecified atom stereocenters. The van der Waals surface area contributed by atoms with Crippen LogP contribution < -0.4 is 5.43 Å². The van der Waals surface area contributed by atoms with Gasteiger partial charge in [0.15, 0.2) is 0 Å². The molecule has 1 heterocycles. The molecule has 0 aliphatic carbocycles. The highest BCUT2D eigenvalue weighted by Crippen LogP contribution is 2.14. The molecule has 1 rings (SSSR count). The molecule has 1 aromatic heterocycles. The van der Waals surface area contributed by atoms with Gasteiger partial charge in [0, 0.05) is 18.4 Å². The van der Waals surface area contributed by atoms with Crippen LogP contribution in [0, 0.1) is 11.8 Å². The Kier molecular flexibility index (Phi) is 4.73. The zero-order chi connectivity index (χ0) is 11.3. The van der Waals surface area contributed by atoms with Crippen LogP contribution in [0.15, 0.2) is 24.5 Å². The van der Waals surface area contributed by atoms with Crippen molar-refractivity contribution in [2.75, 3.05) is 5.43 Å². The first kappa shape index (κ1) is 12.2. The molecule has 0 saturated heterocycles. The van der Waals surface area contributed by atoms with Gasteiger partial charge in [-0.1, -0.05) is 27.7 Å². The molecular formula is C13H24N2. The normalized spacial score (nSPS) is 11.7. The molecule has 0 saturated carbocycles. The summed E-state index contributed by atoms with van der Waals surface area (Å²) in [5.74, 6) is 1.49. The van der Waals surface area contributed by atoms with Crippen molar-refractivity contribution in [1.29, 1.82) is 0 Å². The number of nitrogens with zero attached hydrogens (tertiary/aromatic N) is 1. The first-order valence-electron chi connectivity index (χ1n) is 5.97. The summed E-state index contributed by atoms with van der Waals surface area (Å²) in [4.78, 5) is 0. The number of hydrogen-bond acceptors (Lipinski definition) is 1. The highest BCUT2D eigenvalue weighted by molar-refractivity contribution is 4.95. The molecule has 0 aliphatic heterocycles. The number of nitrogens with one attached hydrogen (secondary N) is 1. The van der Waals surface area contributed by atoms with Gasteiger partial charge in [-0.2, -0.15) is 0 Å². The maximum absolute atomic E-state index is 3.54. The highest BCUT2D eigenvalue weighted by Gasteiger charge is 2.12. The topological polar surface area (TPSA) is 17.0 Å². The van der Waals surface area contributed by atoms with E-state index < -0.39 is 0 Å². The van der Waals surface area contributed by atoms with Crippen molar-refractivity contribution < 1.29 is 0 Å². The Morgan fingerprint density at radius 3 is 1.80 bits per heavy atom. The predicted octanol–water partition coefficient (Wildman–Crippen LogP) is 3.49. The standard InChI is InChI=1S/C13H24N2/c1-11(2)9-13(10-12(3)4)14-15-7-5-6-8-15/h5-8,11-14H,9-10H2,1-4H3. The lowest BCUT2D eigenvalue weighted by atomic mass is 9.96. The van der Waals surface area contributed by atoms with Gasteiger partial charge in [-0.15, -0.1) is 0 Å². The molecule has 1 aromatic rings. The van der Waals surface area contributed by atoms with Crippen molar-refractivity contribution in [3.8, 4) is 0 Å². The Balaban J connectivity index is 2.48. The van der Waals surface area contributed by atoms with E-state index in [9.17, 15) is 0 Å². The van der Waals surface area contributed by atoms with Gasteiger partial charge in [-0.25, -0.2) is 0 Å². The van der Waals surface area contributed by atoms with Crippen molar-refractivity contribution in [3.63, 3.8) is 0 Å². The Hall–Kier alpha value is -0.920. The number of aromatic nitrogens is 1. The molecule has 2 heteroatoms. The van der Waals surface area contributed by atoms with Gasteiger partial charge in [0.1, 0.15) is 0 Å². The summed E-state index contributed by atoms with van der Waals surface area (Å²) >= 11 is 0. The highest BCUT2D eigenvalue weighted by atomic mass is 15.4. The van der Waals surface area contributed by atoms with E-state index in [0.717, 1.165) is 11.8 Å².